The molecule has 130 valence electrons. The van der Waals surface area contributed by atoms with E-state index in [2.05, 4.69) is 36.4 Å². The Bertz CT molecular complexity index is 486. The SMILES string of the molecule is Cc1cc(OCCN2CC(C)OC(C)C2)nn1C1CCCCC1. The van der Waals surface area contributed by atoms with E-state index < -0.39 is 0 Å². The molecule has 0 radical (unpaired) electrons. The van der Waals surface area contributed by atoms with E-state index in [-0.39, 0.29) is 0 Å². The van der Waals surface area contributed by atoms with Crippen LogP contribution in [0.2, 0.25) is 0 Å². The molecule has 1 saturated carbocycles. The highest BCUT2D eigenvalue weighted by molar-refractivity contribution is 5.15. The summed E-state index contributed by atoms with van der Waals surface area (Å²) in [5, 5.41) is 4.70. The van der Waals surface area contributed by atoms with Gasteiger partial charge in [0.15, 0.2) is 0 Å². The summed E-state index contributed by atoms with van der Waals surface area (Å²) in [7, 11) is 0. The van der Waals surface area contributed by atoms with Crippen LogP contribution >= 0.6 is 0 Å². The zero-order valence-electron chi connectivity index (χ0n) is 14.8. The van der Waals surface area contributed by atoms with Crippen molar-refractivity contribution in [2.24, 2.45) is 0 Å². The second kappa shape index (κ2) is 7.67. The van der Waals surface area contributed by atoms with Crippen LogP contribution in [0.5, 0.6) is 5.88 Å². The fraction of sp³-hybridized carbons (Fsp3) is 0.833. The summed E-state index contributed by atoms with van der Waals surface area (Å²) in [6.07, 6.45) is 7.16. The molecule has 1 aromatic rings. The summed E-state index contributed by atoms with van der Waals surface area (Å²) in [5.41, 5.74) is 1.22. The number of rotatable bonds is 5. The number of morpholine rings is 1. The second-order valence-corrected chi connectivity index (χ2v) is 7.23. The fourth-order valence-electron chi connectivity index (χ4n) is 3.97. The lowest BCUT2D eigenvalue weighted by Gasteiger charge is -2.35. The molecule has 0 N–H and O–H groups in total. The number of nitrogens with zero attached hydrogens (tertiary/aromatic N) is 3. The minimum absolute atomic E-state index is 0.312. The summed E-state index contributed by atoms with van der Waals surface area (Å²) < 4.78 is 13.9. The van der Waals surface area contributed by atoms with Gasteiger partial charge in [-0.1, -0.05) is 19.3 Å². The summed E-state index contributed by atoms with van der Waals surface area (Å²) >= 11 is 0. The third-order valence-corrected chi connectivity index (χ3v) is 4.97. The molecule has 0 bridgehead atoms. The molecular weight excluding hydrogens is 290 g/mol. The molecular formula is C18H31N3O2. The molecule has 1 aliphatic heterocycles. The molecule has 1 aliphatic carbocycles. The van der Waals surface area contributed by atoms with E-state index in [4.69, 9.17) is 14.6 Å². The summed E-state index contributed by atoms with van der Waals surface area (Å²) in [5.74, 6) is 0.780. The van der Waals surface area contributed by atoms with Crippen molar-refractivity contribution in [1.82, 2.24) is 14.7 Å². The number of aryl methyl sites for hydroxylation is 1. The molecule has 2 unspecified atom stereocenters. The van der Waals surface area contributed by atoms with Gasteiger partial charge in [0, 0.05) is 31.4 Å². The molecule has 2 atom stereocenters. The Morgan fingerprint density at radius 1 is 1.17 bits per heavy atom. The highest BCUT2D eigenvalue weighted by Gasteiger charge is 2.22. The Balaban J connectivity index is 1.48. The monoisotopic (exact) mass is 321 g/mol. The minimum atomic E-state index is 0.312. The average Bonchev–Trinajstić information content (AvgIpc) is 2.88. The van der Waals surface area contributed by atoms with Gasteiger partial charge >= 0.3 is 0 Å². The summed E-state index contributed by atoms with van der Waals surface area (Å²) in [6, 6.07) is 2.65. The molecule has 5 nitrogen and oxygen atoms in total. The zero-order valence-corrected chi connectivity index (χ0v) is 14.8. The van der Waals surface area contributed by atoms with Crippen LogP contribution in [0, 0.1) is 6.92 Å². The Kier molecular flexibility index (Phi) is 5.59. The first-order valence-corrected chi connectivity index (χ1v) is 9.18. The van der Waals surface area contributed by atoms with Crippen molar-refractivity contribution in [3.05, 3.63) is 11.8 Å². The van der Waals surface area contributed by atoms with Crippen LogP contribution in [0.25, 0.3) is 0 Å². The highest BCUT2D eigenvalue weighted by Crippen LogP contribution is 2.29. The molecule has 1 aromatic heterocycles. The standard InChI is InChI=1S/C18H31N3O2/c1-14-11-18(19-21(14)17-7-5-4-6-8-17)22-10-9-20-12-15(2)23-16(3)13-20/h11,15-17H,4-10,12-13H2,1-3H3. The van der Waals surface area contributed by atoms with Gasteiger partial charge in [-0.05, 0) is 33.6 Å². The smallest absolute Gasteiger partial charge is 0.233 e. The molecule has 5 heteroatoms. The Labute approximate surface area is 139 Å². The third kappa shape index (κ3) is 4.48. The highest BCUT2D eigenvalue weighted by atomic mass is 16.5. The van der Waals surface area contributed by atoms with Gasteiger partial charge < -0.3 is 9.47 Å². The Morgan fingerprint density at radius 3 is 2.57 bits per heavy atom. The number of aromatic nitrogens is 2. The predicted molar refractivity (Wildman–Crippen MR) is 91.0 cm³/mol. The maximum atomic E-state index is 5.92. The van der Waals surface area contributed by atoms with Crippen LogP contribution in [0.3, 0.4) is 0 Å². The van der Waals surface area contributed by atoms with Crippen LogP contribution in [0.4, 0.5) is 0 Å². The van der Waals surface area contributed by atoms with Gasteiger partial charge in [-0.3, -0.25) is 9.58 Å². The van der Waals surface area contributed by atoms with Gasteiger partial charge in [-0.2, -0.15) is 0 Å². The van der Waals surface area contributed by atoms with Crippen molar-refractivity contribution in [3.63, 3.8) is 0 Å². The van der Waals surface area contributed by atoms with E-state index >= 15 is 0 Å². The van der Waals surface area contributed by atoms with Gasteiger partial charge in [0.2, 0.25) is 5.88 Å². The Hall–Kier alpha value is -1.07. The first-order valence-electron chi connectivity index (χ1n) is 9.18. The largest absolute Gasteiger partial charge is 0.475 e. The first kappa shape index (κ1) is 16.8. The van der Waals surface area contributed by atoms with Crippen LogP contribution in [-0.4, -0.2) is 53.1 Å². The van der Waals surface area contributed by atoms with Gasteiger partial charge in [-0.25, -0.2) is 0 Å². The normalized spacial score (nSPS) is 27.3. The number of hydrogen-bond donors (Lipinski definition) is 0. The van der Waals surface area contributed by atoms with Crippen molar-refractivity contribution >= 4 is 0 Å². The summed E-state index contributed by atoms with van der Waals surface area (Å²) in [6.45, 7) is 10.0. The van der Waals surface area contributed by atoms with Crippen molar-refractivity contribution < 1.29 is 9.47 Å². The van der Waals surface area contributed by atoms with Gasteiger partial charge in [0.25, 0.3) is 0 Å². The maximum absolute atomic E-state index is 5.92. The maximum Gasteiger partial charge on any atom is 0.233 e. The number of ether oxygens (including phenoxy) is 2. The van der Waals surface area contributed by atoms with Crippen LogP contribution in [0.15, 0.2) is 6.07 Å². The van der Waals surface area contributed by atoms with Gasteiger partial charge in [0.1, 0.15) is 6.61 Å². The van der Waals surface area contributed by atoms with Crippen LogP contribution in [-0.2, 0) is 4.74 Å². The van der Waals surface area contributed by atoms with E-state index in [1.165, 1.54) is 37.8 Å². The quantitative estimate of drug-likeness (QED) is 0.835. The van der Waals surface area contributed by atoms with Gasteiger partial charge in [0.05, 0.1) is 18.2 Å². The predicted octanol–water partition coefficient (Wildman–Crippen LogP) is 3.18. The molecule has 23 heavy (non-hydrogen) atoms. The number of hydrogen-bond acceptors (Lipinski definition) is 4. The summed E-state index contributed by atoms with van der Waals surface area (Å²) in [4.78, 5) is 2.42. The fourth-order valence-corrected chi connectivity index (χ4v) is 3.97. The minimum Gasteiger partial charge on any atom is -0.475 e. The van der Waals surface area contributed by atoms with E-state index in [0.29, 0.717) is 24.9 Å². The van der Waals surface area contributed by atoms with Crippen molar-refractivity contribution in [2.75, 3.05) is 26.2 Å². The first-order chi connectivity index (χ1) is 11.1. The van der Waals surface area contributed by atoms with Crippen molar-refractivity contribution in [2.45, 2.75) is 71.1 Å². The average molecular weight is 321 g/mol. The molecule has 2 fully saturated rings. The Morgan fingerprint density at radius 2 is 1.87 bits per heavy atom. The molecule has 0 aromatic carbocycles. The van der Waals surface area contributed by atoms with Crippen molar-refractivity contribution in [3.8, 4) is 5.88 Å². The zero-order chi connectivity index (χ0) is 16.2. The lowest BCUT2D eigenvalue weighted by Crippen LogP contribution is -2.46. The molecule has 3 rings (SSSR count). The molecule has 2 heterocycles. The molecule has 0 spiro atoms. The van der Waals surface area contributed by atoms with E-state index in [0.717, 1.165) is 25.5 Å². The topological polar surface area (TPSA) is 39.5 Å². The van der Waals surface area contributed by atoms with E-state index in [9.17, 15) is 0 Å². The van der Waals surface area contributed by atoms with Crippen molar-refractivity contribution in [1.29, 1.82) is 0 Å². The van der Waals surface area contributed by atoms with Gasteiger partial charge in [-0.15, -0.1) is 5.10 Å². The third-order valence-electron chi connectivity index (χ3n) is 4.97. The van der Waals surface area contributed by atoms with Crippen LogP contribution < -0.4 is 4.74 Å². The lowest BCUT2D eigenvalue weighted by molar-refractivity contribution is -0.0700. The van der Waals surface area contributed by atoms with Crippen LogP contribution in [0.1, 0.15) is 57.7 Å². The van der Waals surface area contributed by atoms with E-state index in [1.54, 1.807) is 0 Å². The molecule has 0 amide bonds. The second-order valence-electron chi connectivity index (χ2n) is 7.23. The lowest BCUT2D eigenvalue weighted by atomic mass is 9.95. The van der Waals surface area contributed by atoms with E-state index in [1.807, 2.05) is 0 Å². The molecule has 2 aliphatic rings. The molecule has 1 saturated heterocycles.